The molecule has 0 radical (unpaired) electrons. The minimum absolute atomic E-state index is 0.231. The molecule has 0 aliphatic carbocycles. The Balaban J connectivity index is 2.24. The van der Waals surface area contributed by atoms with E-state index in [9.17, 15) is 14.0 Å². The lowest BCUT2D eigenvalue weighted by Gasteiger charge is -2.36. The summed E-state index contributed by atoms with van der Waals surface area (Å²) in [5.41, 5.74) is 3.82. The van der Waals surface area contributed by atoms with Crippen LogP contribution in [0.4, 0.5) is 4.39 Å². The van der Waals surface area contributed by atoms with Gasteiger partial charge in [0, 0.05) is 20.4 Å². The number of likely N-dealkylation sites (N-methyl/N-ethyl adjacent to an activating group) is 1. The first-order chi connectivity index (χ1) is 11.8. The first-order valence-corrected chi connectivity index (χ1v) is 7.84. The van der Waals surface area contributed by atoms with E-state index in [4.69, 9.17) is 22.1 Å². The highest BCUT2D eigenvalue weighted by atomic mass is 35.5. The molecule has 7 nitrogen and oxygen atoms in total. The van der Waals surface area contributed by atoms with Crippen LogP contribution in [0.2, 0.25) is 0 Å². The zero-order valence-corrected chi connectivity index (χ0v) is 14.3. The molecule has 9 heteroatoms. The molecule has 0 fully saturated rings. The van der Waals surface area contributed by atoms with Gasteiger partial charge in [0.15, 0.2) is 5.82 Å². The Labute approximate surface area is 148 Å². The largest absolute Gasteiger partial charge is 0.368 e. The molecule has 0 aromatic heterocycles. The van der Waals surface area contributed by atoms with E-state index < -0.39 is 28.7 Å². The van der Waals surface area contributed by atoms with Gasteiger partial charge in [-0.05, 0) is 17.7 Å². The standard InChI is InChI=1S/C16H16ClFN4O3/c1-21-11(17)7-20-14-13(21)16(25-2,9-3-5-10(18)6-4-9)15(24)22(14)8-12(19)23/h3-7,11H,8H2,1-2H3,(H2,19,23)/t11?,16-/m0/s1. The molecule has 3 rings (SSSR count). The van der Waals surface area contributed by atoms with Crippen LogP contribution in [-0.2, 0) is 19.9 Å². The van der Waals surface area contributed by atoms with Gasteiger partial charge in [-0.1, -0.05) is 23.7 Å². The molecule has 2 atom stereocenters. The fraction of sp³-hybridized carbons (Fsp3) is 0.312. The van der Waals surface area contributed by atoms with E-state index in [1.54, 1.807) is 11.9 Å². The van der Waals surface area contributed by atoms with Crippen LogP contribution in [0.3, 0.4) is 0 Å². The lowest BCUT2D eigenvalue weighted by Crippen LogP contribution is -2.47. The Morgan fingerprint density at radius 3 is 2.64 bits per heavy atom. The zero-order valence-electron chi connectivity index (χ0n) is 13.6. The smallest absolute Gasteiger partial charge is 0.271 e. The number of nitrogens with zero attached hydrogens (tertiary/aromatic N) is 3. The summed E-state index contributed by atoms with van der Waals surface area (Å²) in [7, 11) is 3.03. The van der Waals surface area contributed by atoms with E-state index in [-0.39, 0.29) is 12.4 Å². The third-order valence-corrected chi connectivity index (χ3v) is 4.67. The topological polar surface area (TPSA) is 88.2 Å². The summed E-state index contributed by atoms with van der Waals surface area (Å²) in [6.07, 6.45) is 1.44. The van der Waals surface area contributed by atoms with Crippen LogP contribution in [0, 0.1) is 5.82 Å². The number of primary amides is 1. The molecular weight excluding hydrogens is 351 g/mol. The van der Waals surface area contributed by atoms with Crippen LogP contribution < -0.4 is 5.73 Å². The fourth-order valence-electron chi connectivity index (χ4n) is 3.11. The Hall–Kier alpha value is -2.45. The Kier molecular flexibility index (Phi) is 4.26. The predicted molar refractivity (Wildman–Crippen MR) is 88.9 cm³/mol. The second kappa shape index (κ2) is 6.12. The molecule has 1 aromatic carbocycles. The second-order valence-electron chi connectivity index (χ2n) is 5.68. The van der Waals surface area contributed by atoms with E-state index in [1.807, 2.05) is 0 Å². The van der Waals surface area contributed by atoms with E-state index in [1.165, 1.54) is 37.6 Å². The van der Waals surface area contributed by atoms with E-state index in [2.05, 4.69) is 4.99 Å². The van der Waals surface area contributed by atoms with E-state index in [0.29, 0.717) is 11.3 Å². The minimum atomic E-state index is -1.60. The van der Waals surface area contributed by atoms with Crippen molar-refractivity contribution in [1.82, 2.24) is 9.80 Å². The maximum atomic E-state index is 13.4. The summed E-state index contributed by atoms with van der Waals surface area (Å²) in [6, 6.07) is 5.35. The van der Waals surface area contributed by atoms with Gasteiger partial charge >= 0.3 is 0 Å². The van der Waals surface area contributed by atoms with Gasteiger partial charge in [0.05, 0.1) is 0 Å². The number of amides is 2. The van der Waals surface area contributed by atoms with Gasteiger partial charge in [0.1, 0.15) is 23.6 Å². The number of aliphatic imine (C=N–C) groups is 1. The van der Waals surface area contributed by atoms with Crippen LogP contribution in [0.25, 0.3) is 0 Å². The molecule has 1 aromatic rings. The van der Waals surface area contributed by atoms with Crippen molar-refractivity contribution in [3.63, 3.8) is 0 Å². The number of halogens is 2. The molecule has 0 saturated heterocycles. The Morgan fingerprint density at radius 2 is 2.08 bits per heavy atom. The third kappa shape index (κ3) is 2.49. The molecule has 2 aliphatic heterocycles. The molecule has 0 saturated carbocycles. The van der Waals surface area contributed by atoms with Crippen molar-refractivity contribution in [3.8, 4) is 0 Å². The van der Waals surface area contributed by atoms with E-state index in [0.717, 1.165) is 4.90 Å². The van der Waals surface area contributed by atoms with Crippen molar-refractivity contribution in [2.75, 3.05) is 20.7 Å². The van der Waals surface area contributed by atoms with E-state index >= 15 is 0 Å². The predicted octanol–water partition coefficient (Wildman–Crippen LogP) is 0.745. The highest BCUT2D eigenvalue weighted by Crippen LogP contribution is 2.47. The van der Waals surface area contributed by atoms with Crippen molar-refractivity contribution in [1.29, 1.82) is 0 Å². The van der Waals surface area contributed by atoms with Crippen molar-refractivity contribution in [3.05, 3.63) is 47.2 Å². The minimum Gasteiger partial charge on any atom is -0.368 e. The fourth-order valence-corrected chi connectivity index (χ4v) is 3.27. The number of methoxy groups -OCH3 is 1. The highest BCUT2D eigenvalue weighted by molar-refractivity contribution is 6.28. The molecule has 2 N–H and O–H groups in total. The normalized spacial score (nSPS) is 25.6. The van der Waals surface area contributed by atoms with Crippen LogP contribution in [0.5, 0.6) is 0 Å². The van der Waals surface area contributed by atoms with Crippen molar-refractivity contribution in [2.45, 2.75) is 11.1 Å². The maximum absolute atomic E-state index is 13.4. The summed E-state index contributed by atoms with van der Waals surface area (Å²) in [5, 5.41) is 0. The number of ether oxygens (including phenoxy) is 1. The lowest BCUT2D eigenvalue weighted by molar-refractivity contribution is -0.148. The van der Waals surface area contributed by atoms with Gasteiger partial charge in [-0.2, -0.15) is 0 Å². The summed E-state index contributed by atoms with van der Waals surface area (Å²) >= 11 is 6.24. The van der Waals surface area contributed by atoms with Gasteiger partial charge in [0.25, 0.3) is 5.91 Å². The molecule has 2 aliphatic rings. The van der Waals surface area contributed by atoms with Gasteiger partial charge < -0.3 is 15.4 Å². The quantitative estimate of drug-likeness (QED) is 0.629. The van der Waals surface area contributed by atoms with Gasteiger partial charge in [0.2, 0.25) is 11.5 Å². The molecule has 25 heavy (non-hydrogen) atoms. The van der Waals surface area contributed by atoms with Gasteiger partial charge in [-0.3, -0.25) is 14.5 Å². The van der Waals surface area contributed by atoms with Crippen LogP contribution >= 0.6 is 11.6 Å². The summed E-state index contributed by atoms with van der Waals surface area (Å²) in [6.45, 7) is -0.359. The van der Waals surface area contributed by atoms with Gasteiger partial charge in [-0.15, -0.1) is 0 Å². The maximum Gasteiger partial charge on any atom is 0.271 e. The summed E-state index contributed by atoms with van der Waals surface area (Å²) in [4.78, 5) is 31.6. The number of rotatable bonds is 4. The van der Waals surface area contributed by atoms with Crippen LogP contribution in [-0.4, -0.2) is 54.0 Å². The number of carbonyl (C=O) groups is 2. The molecule has 0 bridgehead atoms. The average Bonchev–Trinajstić information content (AvgIpc) is 2.81. The molecular formula is C16H16ClFN4O3. The Morgan fingerprint density at radius 1 is 1.44 bits per heavy atom. The number of carbonyl (C=O) groups excluding carboxylic acids is 2. The molecule has 132 valence electrons. The third-order valence-electron chi connectivity index (χ3n) is 4.26. The SMILES string of the molecule is CO[C@]1(c2ccc(F)cc2)C(=O)N(CC(N)=O)C2=C1N(C)C(Cl)C=N2. The number of nitrogens with two attached hydrogens (primary N) is 1. The number of hydrogen-bond donors (Lipinski definition) is 1. The van der Waals surface area contributed by atoms with Crippen LogP contribution in [0.1, 0.15) is 5.56 Å². The number of alkyl halides is 1. The van der Waals surface area contributed by atoms with Crippen LogP contribution in [0.15, 0.2) is 40.8 Å². The first kappa shape index (κ1) is 17.4. The highest BCUT2D eigenvalue weighted by Gasteiger charge is 2.58. The van der Waals surface area contributed by atoms with Crippen molar-refractivity contribution >= 4 is 29.6 Å². The number of hydrogen-bond acceptors (Lipinski definition) is 5. The average molecular weight is 367 g/mol. The monoisotopic (exact) mass is 366 g/mol. The Bertz CT molecular complexity index is 795. The second-order valence-corrected chi connectivity index (χ2v) is 6.13. The van der Waals surface area contributed by atoms with Crippen molar-refractivity contribution < 1.29 is 18.7 Å². The molecule has 2 heterocycles. The first-order valence-electron chi connectivity index (χ1n) is 7.40. The zero-order chi connectivity index (χ0) is 18.4. The lowest BCUT2D eigenvalue weighted by atomic mass is 9.89. The molecule has 1 unspecified atom stereocenters. The summed E-state index contributed by atoms with van der Waals surface area (Å²) < 4.78 is 19.0. The number of benzene rings is 1. The van der Waals surface area contributed by atoms with Crippen molar-refractivity contribution in [2.24, 2.45) is 10.7 Å². The molecule has 2 amide bonds. The molecule has 0 spiro atoms. The summed E-state index contributed by atoms with van der Waals surface area (Å²) in [5.74, 6) is -1.46. The van der Waals surface area contributed by atoms with Gasteiger partial charge in [-0.25, -0.2) is 9.38 Å².